The highest BCUT2D eigenvalue weighted by Gasteiger charge is 2.29. The van der Waals surface area contributed by atoms with Gasteiger partial charge in [0.25, 0.3) is 0 Å². The summed E-state index contributed by atoms with van der Waals surface area (Å²) in [6, 6.07) is 3.90. The predicted octanol–water partition coefficient (Wildman–Crippen LogP) is 1.76. The van der Waals surface area contributed by atoms with Crippen molar-refractivity contribution in [2.24, 2.45) is 5.92 Å². The largest absolute Gasteiger partial charge is 0.339 e. The number of hydrogen-bond acceptors (Lipinski definition) is 5. The fourth-order valence-corrected chi connectivity index (χ4v) is 2.10. The molecule has 94 valence electrons. The van der Waals surface area contributed by atoms with Gasteiger partial charge in [-0.15, -0.1) is 0 Å². The van der Waals surface area contributed by atoms with Crippen molar-refractivity contribution >= 4 is 0 Å². The molecule has 3 heterocycles. The summed E-state index contributed by atoms with van der Waals surface area (Å²) >= 11 is 0. The van der Waals surface area contributed by atoms with Crippen molar-refractivity contribution in [2.75, 3.05) is 13.1 Å². The van der Waals surface area contributed by atoms with Crippen molar-refractivity contribution in [3.05, 3.63) is 29.8 Å². The van der Waals surface area contributed by atoms with Crippen LogP contribution in [0.4, 0.5) is 0 Å². The number of pyridine rings is 1. The average molecular weight is 244 g/mol. The van der Waals surface area contributed by atoms with Gasteiger partial charge >= 0.3 is 0 Å². The van der Waals surface area contributed by atoms with Crippen LogP contribution >= 0.6 is 0 Å². The van der Waals surface area contributed by atoms with Crippen molar-refractivity contribution in [3.8, 4) is 11.5 Å². The zero-order chi connectivity index (χ0) is 12.5. The van der Waals surface area contributed by atoms with E-state index in [2.05, 4.69) is 27.4 Å². The molecule has 1 aliphatic heterocycles. The Labute approximate surface area is 106 Å². The van der Waals surface area contributed by atoms with Crippen LogP contribution in [-0.4, -0.2) is 28.2 Å². The highest BCUT2D eigenvalue weighted by atomic mass is 16.5. The third-order valence-corrected chi connectivity index (χ3v) is 3.57. The first-order valence-corrected chi connectivity index (χ1v) is 6.22. The van der Waals surface area contributed by atoms with E-state index in [0.29, 0.717) is 23.6 Å². The second-order valence-corrected chi connectivity index (χ2v) is 4.83. The first-order valence-electron chi connectivity index (χ1n) is 6.22. The lowest BCUT2D eigenvalue weighted by atomic mass is 9.89. The van der Waals surface area contributed by atoms with Gasteiger partial charge in [0, 0.05) is 12.1 Å². The molecule has 1 aliphatic rings. The second kappa shape index (κ2) is 4.49. The molecular weight excluding hydrogens is 228 g/mol. The second-order valence-electron chi connectivity index (χ2n) is 4.83. The van der Waals surface area contributed by atoms with Gasteiger partial charge in [-0.25, -0.2) is 0 Å². The minimum atomic E-state index is 0.302. The van der Waals surface area contributed by atoms with E-state index in [9.17, 15) is 0 Å². The molecular formula is C13H16N4O. The molecule has 2 aromatic heterocycles. The summed E-state index contributed by atoms with van der Waals surface area (Å²) in [5.74, 6) is 2.20. The summed E-state index contributed by atoms with van der Waals surface area (Å²) in [4.78, 5) is 8.78. The van der Waals surface area contributed by atoms with Crippen LogP contribution in [0.3, 0.4) is 0 Å². The van der Waals surface area contributed by atoms with Gasteiger partial charge in [-0.1, -0.05) is 18.1 Å². The van der Waals surface area contributed by atoms with Gasteiger partial charge in [-0.05, 0) is 37.6 Å². The number of rotatable bonds is 3. The van der Waals surface area contributed by atoms with E-state index in [0.717, 1.165) is 24.3 Å². The molecule has 1 saturated heterocycles. The fraction of sp³-hybridized carbons (Fsp3) is 0.462. The Balaban J connectivity index is 1.87. The summed E-state index contributed by atoms with van der Waals surface area (Å²) in [7, 11) is 0. The smallest absolute Gasteiger partial charge is 0.230 e. The number of hydrogen-bond donors (Lipinski definition) is 1. The van der Waals surface area contributed by atoms with Gasteiger partial charge in [-0.3, -0.25) is 4.98 Å². The normalized spacial score (nSPS) is 17.4. The van der Waals surface area contributed by atoms with Crippen molar-refractivity contribution in [3.63, 3.8) is 0 Å². The van der Waals surface area contributed by atoms with Crippen LogP contribution < -0.4 is 5.32 Å². The molecule has 0 aromatic carbocycles. The molecule has 0 amide bonds. The van der Waals surface area contributed by atoms with Gasteiger partial charge in [0.15, 0.2) is 0 Å². The van der Waals surface area contributed by atoms with E-state index < -0.39 is 0 Å². The van der Waals surface area contributed by atoms with E-state index in [1.54, 1.807) is 6.20 Å². The first-order chi connectivity index (χ1) is 8.75. The van der Waals surface area contributed by atoms with Crippen molar-refractivity contribution in [1.82, 2.24) is 20.4 Å². The maximum absolute atomic E-state index is 5.36. The fourth-order valence-electron chi connectivity index (χ4n) is 2.10. The first kappa shape index (κ1) is 11.3. The summed E-state index contributed by atoms with van der Waals surface area (Å²) in [5, 5.41) is 7.30. The monoisotopic (exact) mass is 244 g/mol. The molecule has 1 unspecified atom stereocenters. The van der Waals surface area contributed by atoms with Crippen molar-refractivity contribution in [2.45, 2.75) is 19.8 Å². The zero-order valence-electron chi connectivity index (χ0n) is 10.6. The van der Waals surface area contributed by atoms with Gasteiger partial charge in [0.05, 0.1) is 0 Å². The van der Waals surface area contributed by atoms with Gasteiger partial charge in [0.1, 0.15) is 5.69 Å². The van der Waals surface area contributed by atoms with E-state index >= 15 is 0 Å². The molecule has 18 heavy (non-hydrogen) atoms. The topological polar surface area (TPSA) is 63.8 Å². The summed E-state index contributed by atoms with van der Waals surface area (Å²) in [6.07, 6.45) is 1.75. The number of nitrogens with zero attached hydrogens (tertiary/aromatic N) is 3. The predicted molar refractivity (Wildman–Crippen MR) is 67.0 cm³/mol. The maximum Gasteiger partial charge on any atom is 0.230 e. The lowest BCUT2D eigenvalue weighted by molar-refractivity contribution is 0.252. The Morgan fingerprint density at radius 2 is 2.28 bits per heavy atom. The molecule has 0 bridgehead atoms. The Morgan fingerprint density at radius 3 is 2.94 bits per heavy atom. The molecule has 0 saturated carbocycles. The lowest BCUT2D eigenvalue weighted by Gasteiger charge is -2.30. The number of nitrogens with one attached hydrogen (secondary N) is 1. The SMILES string of the molecule is Cc1cccnc1-c1noc(C(C)C2CNC2)n1. The number of aryl methyl sites for hydroxylation is 1. The van der Waals surface area contributed by atoms with Crippen LogP contribution in [0.5, 0.6) is 0 Å². The Hall–Kier alpha value is -1.75. The number of aromatic nitrogens is 3. The van der Waals surface area contributed by atoms with Crippen LogP contribution in [0.25, 0.3) is 11.5 Å². The molecule has 0 aliphatic carbocycles. The van der Waals surface area contributed by atoms with Crippen LogP contribution in [0.15, 0.2) is 22.9 Å². The summed E-state index contributed by atoms with van der Waals surface area (Å²) in [5.41, 5.74) is 1.86. The molecule has 1 N–H and O–H groups in total. The Bertz CT molecular complexity index is 547. The Morgan fingerprint density at radius 1 is 1.44 bits per heavy atom. The van der Waals surface area contributed by atoms with E-state index in [1.165, 1.54) is 0 Å². The third-order valence-electron chi connectivity index (χ3n) is 3.57. The molecule has 1 atom stereocenters. The van der Waals surface area contributed by atoms with Gasteiger partial charge in [0.2, 0.25) is 11.7 Å². The molecule has 5 heteroatoms. The third kappa shape index (κ3) is 1.90. The summed E-state index contributed by atoms with van der Waals surface area (Å²) < 4.78 is 5.36. The molecule has 0 radical (unpaired) electrons. The average Bonchev–Trinajstić information content (AvgIpc) is 2.76. The van der Waals surface area contributed by atoms with Gasteiger partial charge in [-0.2, -0.15) is 4.98 Å². The van der Waals surface area contributed by atoms with Gasteiger partial charge < -0.3 is 9.84 Å². The minimum absolute atomic E-state index is 0.302. The quantitative estimate of drug-likeness (QED) is 0.891. The molecule has 1 fully saturated rings. The van der Waals surface area contributed by atoms with Crippen LogP contribution in [0, 0.1) is 12.8 Å². The van der Waals surface area contributed by atoms with Crippen LogP contribution in [-0.2, 0) is 0 Å². The highest BCUT2D eigenvalue weighted by molar-refractivity contribution is 5.53. The standard InChI is InChI=1S/C13H16N4O/c1-8-4-3-5-15-11(8)12-16-13(18-17-12)9(2)10-6-14-7-10/h3-5,9-10,14H,6-7H2,1-2H3. The van der Waals surface area contributed by atoms with Crippen molar-refractivity contribution in [1.29, 1.82) is 0 Å². The molecule has 2 aromatic rings. The molecule has 0 spiro atoms. The maximum atomic E-state index is 5.36. The zero-order valence-corrected chi connectivity index (χ0v) is 10.6. The van der Waals surface area contributed by atoms with E-state index in [1.807, 2.05) is 19.1 Å². The lowest BCUT2D eigenvalue weighted by Crippen LogP contribution is -2.44. The van der Waals surface area contributed by atoms with Crippen LogP contribution in [0.1, 0.15) is 24.3 Å². The highest BCUT2D eigenvalue weighted by Crippen LogP contribution is 2.27. The Kier molecular flexibility index (Phi) is 2.83. The van der Waals surface area contributed by atoms with E-state index in [4.69, 9.17) is 4.52 Å². The minimum Gasteiger partial charge on any atom is -0.339 e. The van der Waals surface area contributed by atoms with Crippen molar-refractivity contribution < 1.29 is 4.52 Å². The molecule has 3 rings (SSSR count). The van der Waals surface area contributed by atoms with Crippen LogP contribution in [0.2, 0.25) is 0 Å². The summed E-state index contributed by atoms with van der Waals surface area (Å²) in [6.45, 7) is 6.19. The van der Waals surface area contributed by atoms with E-state index in [-0.39, 0.29) is 0 Å². The molecule has 5 nitrogen and oxygen atoms in total.